The first kappa shape index (κ1) is 12.0. The molecule has 2 heteroatoms. The molecule has 84 valence electrons. The third-order valence-corrected chi connectivity index (χ3v) is 3.02. The van der Waals surface area contributed by atoms with Crippen LogP contribution in [0.4, 0.5) is 0 Å². The fourth-order valence-electron chi connectivity index (χ4n) is 1.78. The first-order valence-corrected chi connectivity index (χ1v) is 6.01. The summed E-state index contributed by atoms with van der Waals surface area (Å²) in [6.45, 7) is 9.42. The molecule has 0 amide bonds. The highest BCUT2D eigenvalue weighted by Crippen LogP contribution is 2.29. The Morgan fingerprint density at radius 3 is 2.50 bits per heavy atom. The maximum Gasteiger partial charge on any atom is 0.0591 e. The number of ether oxygens (including phenoxy) is 1. The smallest absolute Gasteiger partial charge is 0.0591 e. The molecule has 1 fully saturated rings. The normalized spacial score (nSPS) is 19.7. The van der Waals surface area contributed by atoms with Gasteiger partial charge >= 0.3 is 0 Å². The molecular formula is C12H25NO. The summed E-state index contributed by atoms with van der Waals surface area (Å²) >= 11 is 0. The van der Waals surface area contributed by atoms with E-state index < -0.39 is 0 Å². The van der Waals surface area contributed by atoms with Crippen molar-refractivity contribution in [1.29, 1.82) is 0 Å². The van der Waals surface area contributed by atoms with Crippen molar-refractivity contribution in [3.63, 3.8) is 0 Å². The minimum absolute atomic E-state index is 0.652. The number of hydrogen-bond donors (Lipinski definition) is 1. The highest BCUT2D eigenvalue weighted by molar-refractivity contribution is 4.79. The summed E-state index contributed by atoms with van der Waals surface area (Å²) in [7, 11) is 0. The zero-order chi connectivity index (χ0) is 10.4. The Bertz CT molecular complexity index is 143. The lowest BCUT2D eigenvalue weighted by molar-refractivity contribution is 0.106. The van der Waals surface area contributed by atoms with E-state index in [4.69, 9.17) is 4.74 Å². The van der Waals surface area contributed by atoms with Crippen molar-refractivity contribution in [3.8, 4) is 0 Å². The summed E-state index contributed by atoms with van der Waals surface area (Å²) in [5.41, 5.74) is 0. The maximum absolute atomic E-state index is 5.51. The third-order valence-electron chi connectivity index (χ3n) is 3.02. The van der Waals surface area contributed by atoms with E-state index in [2.05, 4.69) is 26.1 Å². The summed E-state index contributed by atoms with van der Waals surface area (Å²) in [6, 6.07) is 0.686. The summed E-state index contributed by atoms with van der Waals surface area (Å²) in [5, 5.41) is 3.53. The predicted molar refractivity (Wildman–Crippen MR) is 60.5 cm³/mol. The molecule has 0 heterocycles. The molecular weight excluding hydrogens is 174 g/mol. The molecule has 1 atom stereocenters. The average Bonchev–Trinajstić information content (AvgIpc) is 1.99. The van der Waals surface area contributed by atoms with E-state index in [1.165, 1.54) is 19.3 Å². The van der Waals surface area contributed by atoms with Gasteiger partial charge in [-0.05, 0) is 31.6 Å². The maximum atomic E-state index is 5.51. The average molecular weight is 199 g/mol. The van der Waals surface area contributed by atoms with Crippen molar-refractivity contribution >= 4 is 0 Å². The molecule has 0 bridgehead atoms. The molecule has 0 aromatic carbocycles. The van der Waals surface area contributed by atoms with Gasteiger partial charge in [0.25, 0.3) is 0 Å². The Morgan fingerprint density at radius 2 is 2.00 bits per heavy atom. The van der Waals surface area contributed by atoms with Gasteiger partial charge in [0.1, 0.15) is 0 Å². The molecule has 1 rings (SSSR count). The summed E-state index contributed by atoms with van der Waals surface area (Å²) < 4.78 is 5.51. The minimum Gasteiger partial charge on any atom is -0.380 e. The van der Waals surface area contributed by atoms with Crippen molar-refractivity contribution < 1.29 is 4.74 Å². The van der Waals surface area contributed by atoms with Crippen LogP contribution in [0.5, 0.6) is 0 Å². The van der Waals surface area contributed by atoms with E-state index in [1.54, 1.807) is 0 Å². The van der Waals surface area contributed by atoms with Crippen molar-refractivity contribution in [2.45, 2.75) is 46.1 Å². The van der Waals surface area contributed by atoms with Crippen molar-refractivity contribution in [1.82, 2.24) is 5.32 Å². The Labute approximate surface area is 88.4 Å². The zero-order valence-electron chi connectivity index (χ0n) is 9.88. The Hall–Kier alpha value is -0.0800. The van der Waals surface area contributed by atoms with Crippen molar-refractivity contribution in [2.75, 3.05) is 19.8 Å². The van der Waals surface area contributed by atoms with Crippen LogP contribution in [0.15, 0.2) is 0 Å². The Kier molecular flexibility index (Phi) is 5.49. The van der Waals surface area contributed by atoms with Gasteiger partial charge in [0.2, 0.25) is 0 Å². The quantitative estimate of drug-likeness (QED) is 0.636. The molecule has 1 N–H and O–H groups in total. The van der Waals surface area contributed by atoms with Gasteiger partial charge in [0.05, 0.1) is 6.61 Å². The fourth-order valence-corrected chi connectivity index (χ4v) is 1.78. The second-order valence-corrected chi connectivity index (χ2v) is 4.90. The summed E-state index contributed by atoms with van der Waals surface area (Å²) in [5.74, 6) is 1.58. The predicted octanol–water partition coefficient (Wildman–Crippen LogP) is 2.44. The molecule has 0 saturated heterocycles. The van der Waals surface area contributed by atoms with Gasteiger partial charge < -0.3 is 10.1 Å². The summed E-state index contributed by atoms with van der Waals surface area (Å²) in [4.78, 5) is 0. The topological polar surface area (TPSA) is 21.3 Å². The van der Waals surface area contributed by atoms with Crippen LogP contribution >= 0.6 is 0 Å². The van der Waals surface area contributed by atoms with Crippen molar-refractivity contribution in [3.05, 3.63) is 0 Å². The number of nitrogens with one attached hydrogen (secondary N) is 1. The second-order valence-electron chi connectivity index (χ2n) is 4.90. The lowest BCUT2D eigenvalue weighted by atomic mass is 9.80. The fraction of sp³-hybridized carbons (Fsp3) is 1.00. The molecule has 0 aliphatic heterocycles. The van der Waals surface area contributed by atoms with E-state index in [0.29, 0.717) is 12.0 Å². The van der Waals surface area contributed by atoms with Crippen molar-refractivity contribution in [2.24, 2.45) is 11.8 Å². The Balaban J connectivity index is 1.87. The molecule has 1 saturated carbocycles. The van der Waals surface area contributed by atoms with Gasteiger partial charge in [0.15, 0.2) is 0 Å². The molecule has 0 aromatic heterocycles. The van der Waals surface area contributed by atoms with Crippen LogP contribution in [-0.2, 0) is 4.74 Å². The van der Waals surface area contributed by atoms with Gasteiger partial charge in [-0.1, -0.05) is 20.3 Å². The van der Waals surface area contributed by atoms with Crippen LogP contribution in [0.3, 0.4) is 0 Å². The SMILES string of the molecule is CC(C)COCCNC(C)C1CCC1. The van der Waals surface area contributed by atoms with E-state index in [1.807, 2.05) is 0 Å². The number of hydrogen-bond acceptors (Lipinski definition) is 2. The largest absolute Gasteiger partial charge is 0.380 e. The molecule has 2 nitrogen and oxygen atoms in total. The molecule has 14 heavy (non-hydrogen) atoms. The second kappa shape index (κ2) is 6.41. The third kappa shape index (κ3) is 4.43. The van der Waals surface area contributed by atoms with Gasteiger partial charge in [0, 0.05) is 19.2 Å². The lowest BCUT2D eigenvalue weighted by Crippen LogP contribution is -2.38. The first-order valence-electron chi connectivity index (χ1n) is 6.01. The highest BCUT2D eigenvalue weighted by Gasteiger charge is 2.22. The van der Waals surface area contributed by atoms with E-state index in [0.717, 1.165) is 25.7 Å². The highest BCUT2D eigenvalue weighted by atomic mass is 16.5. The molecule has 0 radical (unpaired) electrons. The van der Waals surface area contributed by atoms with Gasteiger partial charge in [-0.3, -0.25) is 0 Å². The lowest BCUT2D eigenvalue weighted by Gasteiger charge is -2.32. The van der Waals surface area contributed by atoms with Gasteiger partial charge in [-0.2, -0.15) is 0 Å². The molecule has 0 aromatic rings. The monoisotopic (exact) mass is 199 g/mol. The molecule has 1 aliphatic rings. The van der Waals surface area contributed by atoms with Crippen LogP contribution in [0.25, 0.3) is 0 Å². The van der Waals surface area contributed by atoms with E-state index >= 15 is 0 Å². The van der Waals surface area contributed by atoms with Crippen LogP contribution in [-0.4, -0.2) is 25.8 Å². The minimum atomic E-state index is 0.652. The van der Waals surface area contributed by atoms with E-state index in [9.17, 15) is 0 Å². The first-order chi connectivity index (χ1) is 6.70. The zero-order valence-corrected chi connectivity index (χ0v) is 9.88. The van der Waals surface area contributed by atoms with Crippen LogP contribution < -0.4 is 5.32 Å². The summed E-state index contributed by atoms with van der Waals surface area (Å²) in [6.07, 6.45) is 4.27. The number of rotatable bonds is 7. The molecule has 0 spiro atoms. The van der Waals surface area contributed by atoms with Crippen LogP contribution in [0, 0.1) is 11.8 Å². The Morgan fingerprint density at radius 1 is 1.29 bits per heavy atom. The molecule has 1 aliphatic carbocycles. The van der Waals surface area contributed by atoms with Crippen LogP contribution in [0.2, 0.25) is 0 Å². The van der Waals surface area contributed by atoms with E-state index in [-0.39, 0.29) is 0 Å². The standard InChI is InChI=1S/C12H25NO/c1-10(2)9-14-8-7-13-11(3)12-5-4-6-12/h10-13H,4-9H2,1-3H3. The van der Waals surface area contributed by atoms with Gasteiger partial charge in [-0.15, -0.1) is 0 Å². The molecule has 1 unspecified atom stereocenters. The van der Waals surface area contributed by atoms with Crippen LogP contribution in [0.1, 0.15) is 40.0 Å². The van der Waals surface area contributed by atoms with Gasteiger partial charge in [-0.25, -0.2) is 0 Å².